The molecule has 0 heterocycles. The summed E-state index contributed by atoms with van der Waals surface area (Å²) in [6, 6.07) is -17.3. The second-order valence-electron chi connectivity index (χ2n) is 32.4. The number of primary amides is 2. The van der Waals surface area contributed by atoms with Gasteiger partial charge in [-0.2, -0.15) is 11.8 Å². The number of rotatable bonds is 66. The van der Waals surface area contributed by atoms with Crippen molar-refractivity contribution in [1.82, 2.24) is 85.1 Å². The number of aliphatic hydroxyl groups is 2. The molecule has 0 aliphatic carbocycles. The number of aromatic hydroxyl groups is 1. The lowest BCUT2D eigenvalue weighted by molar-refractivity contribution is -0.143. The maximum absolute atomic E-state index is 14.7. The zero-order valence-corrected chi connectivity index (χ0v) is 75.4. The van der Waals surface area contributed by atoms with Crippen LogP contribution in [-0.2, 0) is 87.9 Å². The standard InChI is InChI=1S/C80H142N26O21S/c1-41(2)36-55(101-70(118)52(22-17-34-92-80(89)90)99-76(124)62(86)45(8)108)72(120)96-51(21-16-33-91-79(87)88)68(116)94-48(18-10-13-30-81)66(114)97-53(27-28-60(84)110)71(119)98-54(29-35-128-9)65(113)93-44(7)64(112)106-63(43(5)6)77(125)100-50(20-12-15-32-83)67(115)95-49(19-11-14-31-82)69(117)103-57(38-46-23-25-47(109)26-24-46)74(122)102-56(37-42(3)4)73(121)104-58(39-61(85)111)75(123)105-59(40-107)78(126)127/h23-26,41-45,48-59,62-63,107-109H,10-22,27-40,81-83,86H2,1-9H3,(H2,84,110)(H2,85,111)(H,93,113)(H,94,116)(H,95,115)(H,96,120)(H,97,114)(H,98,119)(H,99,124)(H,100,125)(H,101,118)(H,102,122)(H,103,117)(H,104,121)(H,105,123)(H,106,112)(H,126,127)(H4,87,88,91)(H4,89,90,92)/t44-,45+,48-,49-,50-,51-,52-,53-,54-,55-,56-,57-,58-,59-,62-,63-/m0/s1. The molecule has 48 heteroatoms. The highest BCUT2D eigenvalue weighted by molar-refractivity contribution is 7.98. The van der Waals surface area contributed by atoms with Crippen LogP contribution < -0.4 is 131 Å². The van der Waals surface area contributed by atoms with Gasteiger partial charge < -0.3 is 151 Å². The first-order chi connectivity index (χ1) is 60.2. The van der Waals surface area contributed by atoms with Crippen LogP contribution in [0.5, 0.6) is 5.75 Å². The molecule has 0 aromatic heterocycles. The fraction of sp³-hybridized carbons (Fsp3) is 0.688. The highest BCUT2D eigenvalue weighted by Gasteiger charge is 2.40. The zero-order valence-electron chi connectivity index (χ0n) is 74.6. The molecular weight excluding hydrogens is 1690 g/mol. The smallest absolute Gasteiger partial charge is 0.328 e. The Morgan fingerprint density at radius 2 is 0.719 bits per heavy atom. The molecule has 0 radical (unpaired) electrons. The third-order valence-corrected chi connectivity index (χ3v) is 20.5. The average Bonchev–Trinajstić information content (AvgIpc) is 0.849. The molecular formula is C80H142N26O21S. The molecule has 0 aliphatic heterocycles. The lowest BCUT2D eigenvalue weighted by Gasteiger charge is -2.29. The van der Waals surface area contributed by atoms with E-state index in [2.05, 4.69) is 79.8 Å². The lowest BCUT2D eigenvalue weighted by Crippen LogP contribution is -2.61. The largest absolute Gasteiger partial charge is 0.508 e. The summed E-state index contributed by atoms with van der Waals surface area (Å²) < 4.78 is 0. The number of carboxylic acid groups (broad SMARTS) is 1. The van der Waals surface area contributed by atoms with Gasteiger partial charge in [0.05, 0.1) is 19.1 Å². The normalized spacial score (nSPS) is 15.0. The second-order valence-corrected chi connectivity index (χ2v) is 33.4. The Hall–Kier alpha value is -11.3. The molecule has 47 nitrogen and oxygen atoms in total. The Kier molecular flexibility index (Phi) is 55.5. The Morgan fingerprint density at radius 1 is 0.391 bits per heavy atom. The van der Waals surface area contributed by atoms with Crippen LogP contribution in [-0.4, -0.2) is 281 Å². The Balaban J connectivity index is 3.76. The molecule has 1 aromatic rings. The van der Waals surface area contributed by atoms with Crippen LogP contribution >= 0.6 is 11.8 Å². The van der Waals surface area contributed by atoms with E-state index in [1.54, 1.807) is 47.8 Å². The molecule has 0 saturated carbocycles. The highest BCUT2D eigenvalue weighted by atomic mass is 32.2. The van der Waals surface area contributed by atoms with Gasteiger partial charge in [0.25, 0.3) is 0 Å². The molecule has 0 spiro atoms. The van der Waals surface area contributed by atoms with Crippen LogP contribution in [0.1, 0.15) is 183 Å². The fourth-order valence-corrected chi connectivity index (χ4v) is 13.2. The molecule has 128 heavy (non-hydrogen) atoms. The van der Waals surface area contributed by atoms with E-state index in [9.17, 15) is 102 Å². The van der Waals surface area contributed by atoms with Gasteiger partial charge in [-0.15, -0.1) is 0 Å². The van der Waals surface area contributed by atoms with Gasteiger partial charge in [-0.3, -0.25) is 87.5 Å². The van der Waals surface area contributed by atoms with Gasteiger partial charge in [0.2, 0.25) is 94.5 Å². The number of carboxylic acids is 1. The van der Waals surface area contributed by atoms with Crippen molar-refractivity contribution >= 4 is 124 Å². The van der Waals surface area contributed by atoms with Gasteiger partial charge in [0, 0.05) is 25.9 Å². The summed E-state index contributed by atoms with van der Waals surface area (Å²) in [5.41, 5.74) is 45.7. The van der Waals surface area contributed by atoms with Crippen molar-refractivity contribution in [3.63, 3.8) is 0 Å². The van der Waals surface area contributed by atoms with Crippen LogP contribution in [0.2, 0.25) is 0 Å². The Morgan fingerprint density at radius 3 is 1.07 bits per heavy atom. The summed E-state index contributed by atoms with van der Waals surface area (Å²) in [4.78, 5) is 236. The van der Waals surface area contributed by atoms with Crippen molar-refractivity contribution in [1.29, 1.82) is 10.8 Å². The lowest BCUT2D eigenvalue weighted by atomic mass is 9.99. The number of nitrogens with one attached hydrogen (secondary N) is 18. The molecule has 0 saturated heterocycles. The predicted octanol–water partition coefficient (Wildman–Crippen LogP) is -7.92. The van der Waals surface area contributed by atoms with Crippen LogP contribution in [0, 0.1) is 28.6 Å². The van der Waals surface area contributed by atoms with Gasteiger partial charge in [-0.1, -0.05) is 53.7 Å². The molecule has 16 atom stereocenters. The number of nitrogens with two attached hydrogens (primary N) is 8. The van der Waals surface area contributed by atoms with Gasteiger partial charge >= 0.3 is 5.97 Å². The predicted molar refractivity (Wildman–Crippen MR) is 475 cm³/mol. The van der Waals surface area contributed by atoms with E-state index in [4.69, 9.17) is 56.7 Å². The summed E-state index contributed by atoms with van der Waals surface area (Å²) in [5, 5.41) is 95.2. The molecule has 0 bridgehead atoms. The van der Waals surface area contributed by atoms with E-state index >= 15 is 0 Å². The summed E-state index contributed by atoms with van der Waals surface area (Å²) in [5.74, 6) is -19.1. The highest BCUT2D eigenvalue weighted by Crippen LogP contribution is 2.18. The first kappa shape index (κ1) is 115. The maximum atomic E-state index is 14.7. The number of hydrogen-bond acceptors (Lipinski definition) is 27. The van der Waals surface area contributed by atoms with Crippen LogP contribution in [0.25, 0.3) is 0 Å². The number of amides is 16. The Bertz CT molecular complexity index is 3790. The third-order valence-electron chi connectivity index (χ3n) is 19.9. The summed E-state index contributed by atoms with van der Waals surface area (Å²) in [6.07, 6.45) is -0.532. The number of guanidine groups is 2. The zero-order chi connectivity index (χ0) is 97.0. The molecule has 1 aromatic carbocycles. The van der Waals surface area contributed by atoms with E-state index in [-0.39, 0.29) is 152 Å². The number of carbonyl (C=O) groups excluding carboxylic acids is 16. The maximum Gasteiger partial charge on any atom is 0.328 e. The Labute approximate surface area is 749 Å². The SMILES string of the molecule is CSCC[C@H](NC(=O)[C@H](CCC(N)=O)NC(=O)[C@H](CCCCN)NC(=O)[C@H](CCCNC(=N)N)NC(=O)[C@H](CC(C)C)NC(=O)[C@H](CCCNC(=N)N)NC(=O)[C@@H](N)[C@@H](C)O)C(=O)N[C@@H](C)C(=O)N[C@H](C(=O)N[C@@H](CCCCN)C(=O)N[C@@H](CCCCN)C(=O)N[C@@H](Cc1ccc(O)cc1)C(=O)N[C@@H](CC(C)C)C(=O)N[C@@H](CC(N)=O)C(=O)N[C@@H](CO)C(=O)O)C(C)C. The number of carbonyl (C=O) groups is 17. The van der Waals surface area contributed by atoms with Crippen molar-refractivity contribution < 1.29 is 102 Å². The number of unbranched alkanes of at least 4 members (excludes halogenated alkanes) is 3. The first-order valence-electron chi connectivity index (χ1n) is 42.9. The van der Waals surface area contributed by atoms with Crippen LogP contribution in [0.3, 0.4) is 0 Å². The number of aliphatic hydroxyl groups excluding tert-OH is 2. The van der Waals surface area contributed by atoms with Crippen molar-refractivity contribution in [2.45, 2.75) is 281 Å². The van der Waals surface area contributed by atoms with E-state index < -0.39 is 235 Å². The van der Waals surface area contributed by atoms with Crippen molar-refractivity contribution in [2.24, 2.45) is 63.6 Å². The van der Waals surface area contributed by atoms with E-state index in [1.807, 2.05) is 5.32 Å². The number of benzene rings is 1. The van der Waals surface area contributed by atoms with Gasteiger partial charge in [0.1, 0.15) is 96.4 Å². The number of phenols is 1. The van der Waals surface area contributed by atoms with Crippen LogP contribution in [0.4, 0.5) is 0 Å². The minimum atomic E-state index is -1.84. The minimum absolute atomic E-state index is 0.0178. The number of phenolic OH excluding ortho intramolecular Hbond substituents is 1. The first-order valence-corrected chi connectivity index (χ1v) is 44.3. The minimum Gasteiger partial charge on any atom is -0.508 e. The van der Waals surface area contributed by atoms with Gasteiger partial charge in [0.15, 0.2) is 11.9 Å². The molecule has 724 valence electrons. The summed E-state index contributed by atoms with van der Waals surface area (Å²) >= 11 is 1.27. The van der Waals surface area contributed by atoms with Crippen LogP contribution in [0.15, 0.2) is 24.3 Å². The van der Waals surface area contributed by atoms with Crippen molar-refractivity contribution in [2.75, 3.05) is 51.3 Å². The molecule has 16 amide bonds. The van der Waals surface area contributed by atoms with Gasteiger partial charge in [-0.25, -0.2) is 4.79 Å². The second kappa shape index (κ2) is 62.0. The molecule has 0 aliphatic rings. The monoisotopic (exact) mass is 1840 g/mol. The number of thioether (sulfide) groups is 1. The van der Waals surface area contributed by atoms with E-state index in [1.165, 1.54) is 49.9 Å². The van der Waals surface area contributed by atoms with E-state index in [0.717, 1.165) is 0 Å². The summed E-state index contributed by atoms with van der Waals surface area (Å²) in [7, 11) is 0. The average molecular weight is 1840 g/mol. The topological polar surface area (TPSA) is 819 Å². The quantitative estimate of drug-likeness (QED) is 0.0164. The molecule has 38 N–H and O–H groups in total. The van der Waals surface area contributed by atoms with Crippen molar-refractivity contribution in [3.8, 4) is 5.75 Å². The van der Waals surface area contributed by atoms with E-state index in [0.29, 0.717) is 24.8 Å². The third kappa shape index (κ3) is 46.4. The van der Waals surface area contributed by atoms with Gasteiger partial charge in [-0.05, 0) is 190 Å². The number of hydrogen-bond donors (Lipinski definition) is 30. The molecule has 0 unspecified atom stereocenters. The van der Waals surface area contributed by atoms with Crippen molar-refractivity contribution in [3.05, 3.63) is 29.8 Å². The number of aliphatic carboxylic acids is 1. The fourth-order valence-electron chi connectivity index (χ4n) is 12.7. The summed E-state index contributed by atoms with van der Waals surface area (Å²) in [6.45, 7) is 12.1. The molecule has 1 rings (SSSR count). The molecule has 0 fully saturated rings.